The van der Waals surface area contributed by atoms with Gasteiger partial charge >= 0.3 is 0 Å². The zero-order chi connectivity index (χ0) is 23.7. The Labute approximate surface area is 209 Å². The summed E-state index contributed by atoms with van der Waals surface area (Å²) in [6.45, 7) is 0.405. The van der Waals surface area contributed by atoms with Crippen LogP contribution < -0.4 is 9.47 Å². The van der Waals surface area contributed by atoms with E-state index in [9.17, 15) is 9.59 Å². The molecule has 5 rings (SSSR count). The van der Waals surface area contributed by atoms with E-state index in [4.69, 9.17) is 9.47 Å². The molecule has 4 aromatic carbocycles. The number of carbonyl (C=O) groups is 2. The molecule has 7 heteroatoms. The Morgan fingerprint density at radius 1 is 0.912 bits per heavy atom. The van der Waals surface area contributed by atoms with Gasteiger partial charge in [-0.1, -0.05) is 54.6 Å². The minimum absolute atomic E-state index is 0.405. The van der Waals surface area contributed by atoms with Crippen molar-refractivity contribution >= 4 is 51.4 Å². The quantitative estimate of drug-likeness (QED) is 0.173. The lowest BCUT2D eigenvalue weighted by Crippen LogP contribution is -2.36. The van der Waals surface area contributed by atoms with Crippen molar-refractivity contribution in [3.8, 4) is 11.5 Å². The van der Waals surface area contributed by atoms with Gasteiger partial charge in [0, 0.05) is 5.39 Å². The monoisotopic (exact) mass is 562 g/mol. The number of benzene rings is 4. The van der Waals surface area contributed by atoms with Gasteiger partial charge in [0.1, 0.15) is 6.61 Å². The maximum Gasteiger partial charge on any atom is 0.282 e. The molecule has 0 aromatic heterocycles. The van der Waals surface area contributed by atoms with Crippen LogP contribution in [0.5, 0.6) is 11.5 Å². The maximum atomic E-state index is 13.0. The minimum Gasteiger partial charge on any atom is -0.493 e. The lowest BCUT2D eigenvalue weighted by Gasteiger charge is -2.23. The number of hydrogen-bond acceptors (Lipinski definition) is 5. The molecule has 1 aliphatic rings. The Morgan fingerprint density at radius 2 is 1.59 bits per heavy atom. The molecule has 0 unspecified atom stereocenters. The number of amides is 2. The topological polar surface area (TPSA) is 68.2 Å². The third-order valence-electron chi connectivity index (χ3n) is 5.55. The van der Waals surface area contributed by atoms with E-state index in [0.717, 1.165) is 19.5 Å². The first-order valence-electron chi connectivity index (χ1n) is 10.6. The van der Waals surface area contributed by atoms with Gasteiger partial charge in [0.05, 0.1) is 28.0 Å². The second kappa shape index (κ2) is 9.26. The fourth-order valence-electron chi connectivity index (χ4n) is 3.93. The predicted octanol–water partition coefficient (Wildman–Crippen LogP) is 5.66. The third-order valence-corrected chi connectivity index (χ3v) is 6.35. The van der Waals surface area contributed by atoms with E-state index >= 15 is 0 Å². The molecule has 0 fully saturated rings. The fraction of sp³-hybridized carbons (Fsp3) is 0.0741. The van der Waals surface area contributed by atoms with Crippen molar-refractivity contribution in [2.24, 2.45) is 5.10 Å². The van der Waals surface area contributed by atoms with Gasteiger partial charge in [-0.05, 0) is 63.4 Å². The third kappa shape index (κ3) is 4.03. The molecule has 0 radical (unpaired) electrons. The first-order chi connectivity index (χ1) is 16.6. The van der Waals surface area contributed by atoms with Gasteiger partial charge in [-0.2, -0.15) is 10.1 Å². The van der Waals surface area contributed by atoms with Crippen molar-refractivity contribution in [1.29, 1.82) is 0 Å². The Kier molecular flexibility index (Phi) is 6.02. The molecule has 1 aliphatic heterocycles. The van der Waals surface area contributed by atoms with E-state index in [1.54, 1.807) is 37.4 Å². The minimum atomic E-state index is -0.449. The van der Waals surface area contributed by atoms with E-state index < -0.39 is 11.8 Å². The molecule has 6 nitrogen and oxygen atoms in total. The fourth-order valence-corrected chi connectivity index (χ4v) is 4.71. The van der Waals surface area contributed by atoms with Gasteiger partial charge in [-0.3, -0.25) is 9.59 Å². The summed E-state index contributed by atoms with van der Waals surface area (Å²) < 4.78 is 12.4. The van der Waals surface area contributed by atoms with Crippen LogP contribution in [0.3, 0.4) is 0 Å². The van der Waals surface area contributed by atoms with Gasteiger partial charge in [-0.25, -0.2) is 0 Å². The zero-order valence-corrected chi connectivity index (χ0v) is 20.4. The molecule has 0 aliphatic carbocycles. The lowest BCUT2D eigenvalue weighted by atomic mass is 9.95. The van der Waals surface area contributed by atoms with E-state index in [1.807, 2.05) is 48.5 Å². The standard InChI is InChI=1S/C27H19IN2O4/c1-33-23-14-18(13-22(28)25(23)34-16-17-7-3-2-4-8-17)15-29-30-26(31)20-11-5-9-19-10-6-12-21(24(19)20)27(30)32/h2-15H,16H2,1H3/b29-15-. The Balaban J connectivity index is 1.42. The lowest BCUT2D eigenvalue weighted by molar-refractivity contribution is 0.0616. The number of carbonyl (C=O) groups excluding carboxylic acids is 2. The van der Waals surface area contributed by atoms with Crippen molar-refractivity contribution in [1.82, 2.24) is 5.01 Å². The van der Waals surface area contributed by atoms with Crippen molar-refractivity contribution in [2.75, 3.05) is 7.11 Å². The average molecular weight is 562 g/mol. The molecular formula is C27H19IN2O4. The number of hydrogen-bond donors (Lipinski definition) is 0. The van der Waals surface area contributed by atoms with Crippen LogP contribution in [0.25, 0.3) is 10.8 Å². The molecular weight excluding hydrogens is 543 g/mol. The largest absolute Gasteiger partial charge is 0.493 e. The molecule has 168 valence electrons. The Hall–Kier alpha value is -3.72. The number of hydrazone groups is 1. The van der Waals surface area contributed by atoms with Crippen LogP contribution in [0.2, 0.25) is 0 Å². The highest BCUT2D eigenvalue weighted by atomic mass is 127. The first kappa shape index (κ1) is 22.1. The number of imide groups is 1. The number of halogens is 1. The van der Waals surface area contributed by atoms with Crippen LogP contribution in [0.1, 0.15) is 31.8 Å². The number of methoxy groups -OCH3 is 1. The predicted molar refractivity (Wildman–Crippen MR) is 139 cm³/mol. The zero-order valence-electron chi connectivity index (χ0n) is 18.2. The van der Waals surface area contributed by atoms with Crippen molar-refractivity contribution in [3.05, 3.63) is 105 Å². The van der Waals surface area contributed by atoms with Crippen LogP contribution in [0.15, 0.2) is 84.0 Å². The van der Waals surface area contributed by atoms with Gasteiger partial charge < -0.3 is 9.47 Å². The second-order valence-corrected chi connectivity index (χ2v) is 8.85. The van der Waals surface area contributed by atoms with Crippen LogP contribution in [-0.4, -0.2) is 30.1 Å². The van der Waals surface area contributed by atoms with Gasteiger partial charge in [0.2, 0.25) is 0 Å². The first-order valence-corrected chi connectivity index (χ1v) is 11.6. The molecule has 0 saturated carbocycles. The molecule has 0 saturated heterocycles. The SMILES string of the molecule is COc1cc(/C=N\N2C(=O)c3cccc4cccc(c34)C2=O)cc(I)c1OCc1ccccc1. The number of ether oxygens (including phenoxy) is 2. The summed E-state index contributed by atoms with van der Waals surface area (Å²) >= 11 is 2.17. The summed E-state index contributed by atoms with van der Waals surface area (Å²) in [7, 11) is 1.57. The van der Waals surface area contributed by atoms with Crippen molar-refractivity contribution < 1.29 is 19.1 Å². The van der Waals surface area contributed by atoms with E-state index in [0.29, 0.717) is 40.2 Å². The molecule has 0 bridgehead atoms. The van der Waals surface area contributed by atoms with E-state index in [-0.39, 0.29) is 0 Å². The summed E-state index contributed by atoms with van der Waals surface area (Å²) in [5.41, 5.74) is 2.64. The van der Waals surface area contributed by atoms with Gasteiger partial charge in [-0.15, -0.1) is 0 Å². The second-order valence-electron chi connectivity index (χ2n) is 7.68. The normalized spacial score (nSPS) is 13.1. The Morgan fingerprint density at radius 3 is 2.24 bits per heavy atom. The summed E-state index contributed by atoms with van der Waals surface area (Å²) in [4.78, 5) is 26.1. The maximum absolute atomic E-state index is 13.0. The van der Waals surface area contributed by atoms with Gasteiger partial charge in [0.15, 0.2) is 11.5 Å². The van der Waals surface area contributed by atoms with Crippen LogP contribution in [0.4, 0.5) is 0 Å². The number of nitrogens with zero attached hydrogens (tertiary/aromatic N) is 2. The molecule has 2 amide bonds. The van der Waals surface area contributed by atoms with Crippen LogP contribution in [0, 0.1) is 3.57 Å². The molecule has 1 heterocycles. The average Bonchev–Trinajstić information content (AvgIpc) is 2.86. The molecule has 0 spiro atoms. The number of rotatable bonds is 6. The summed E-state index contributed by atoms with van der Waals surface area (Å²) in [6, 6.07) is 24.3. The summed E-state index contributed by atoms with van der Waals surface area (Å²) in [6.07, 6.45) is 1.48. The molecule has 34 heavy (non-hydrogen) atoms. The van der Waals surface area contributed by atoms with Crippen LogP contribution in [-0.2, 0) is 6.61 Å². The molecule has 0 N–H and O–H groups in total. The Bertz CT molecular complexity index is 1400. The van der Waals surface area contributed by atoms with E-state index in [2.05, 4.69) is 27.7 Å². The van der Waals surface area contributed by atoms with Crippen LogP contribution >= 0.6 is 22.6 Å². The molecule has 0 atom stereocenters. The summed E-state index contributed by atoms with van der Waals surface area (Å²) in [5.74, 6) is 0.260. The molecule has 4 aromatic rings. The van der Waals surface area contributed by atoms with Crippen molar-refractivity contribution in [3.63, 3.8) is 0 Å². The van der Waals surface area contributed by atoms with Crippen molar-refractivity contribution in [2.45, 2.75) is 6.61 Å². The summed E-state index contributed by atoms with van der Waals surface area (Å²) in [5, 5.41) is 6.69. The highest BCUT2D eigenvalue weighted by molar-refractivity contribution is 14.1. The highest BCUT2D eigenvalue weighted by Gasteiger charge is 2.32. The van der Waals surface area contributed by atoms with E-state index in [1.165, 1.54) is 6.21 Å². The van der Waals surface area contributed by atoms with Gasteiger partial charge in [0.25, 0.3) is 11.8 Å². The smallest absolute Gasteiger partial charge is 0.282 e. The highest BCUT2D eigenvalue weighted by Crippen LogP contribution is 2.34.